The highest BCUT2D eigenvalue weighted by Crippen LogP contribution is 2.26. The third-order valence-corrected chi connectivity index (χ3v) is 4.05. The number of benzene rings is 1. The lowest BCUT2D eigenvalue weighted by Gasteiger charge is -2.33. The number of hydrogen-bond donors (Lipinski definition) is 0. The number of morpholine rings is 1. The van der Waals surface area contributed by atoms with E-state index in [1.165, 1.54) is 0 Å². The molecule has 25 heavy (non-hydrogen) atoms. The zero-order valence-corrected chi connectivity index (χ0v) is 14.8. The monoisotopic (exact) mass is 345 g/mol. The molecule has 0 unspecified atom stereocenters. The van der Waals surface area contributed by atoms with Gasteiger partial charge in [-0.3, -0.25) is 4.79 Å². The van der Waals surface area contributed by atoms with Gasteiger partial charge in [-0.2, -0.15) is 4.98 Å². The molecule has 1 amide bonds. The summed E-state index contributed by atoms with van der Waals surface area (Å²) in [6, 6.07) is 6.81. The number of carbonyl (C=O) groups is 1. The quantitative estimate of drug-likeness (QED) is 0.829. The SMILES string of the molecule is CCOc1ccc(C(=O)N2CCOC[C@H]2c2noc(C(C)C)n2)cc1. The van der Waals surface area contributed by atoms with E-state index in [9.17, 15) is 4.79 Å². The first-order valence-electron chi connectivity index (χ1n) is 8.55. The maximum absolute atomic E-state index is 12.9. The van der Waals surface area contributed by atoms with Crippen molar-refractivity contribution in [1.82, 2.24) is 15.0 Å². The zero-order chi connectivity index (χ0) is 17.8. The van der Waals surface area contributed by atoms with E-state index in [0.29, 0.717) is 43.6 Å². The highest BCUT2D eigenvalue weighted by atomic mass is 16.5. The first-order valence-corrected chi connectivity index (χ1v) is 8.55. The highest BCUT2D eigenvalue weighted by Gasteiger charge is 2.33. The van der Waals surface area contributed by atoms with Crippen molar-refractivity contribution in [2.45, 2.75) is 32.7 Å². The molecule has 1 aliphatic rings. The van der Waals surface area contributed by atoms with E-state index in [1.807, 2.05) is 20.8 Å². The van der Waals surface area contributed by atoms with Crippen molar-refractivity contribution >= 4 is 5.91 Å². The third kappa shape index (κ3) is 3.82. The van der Waals surface area contributed by atoms with Crippen LogP contribution in [0.1, 0.15) is 54.8 Å². The number of aromatic nitrogens is 2. The predicted molar refractivity (Wildman–Crippen MR) is 90.6 cm³/mol. The number of amides is 1. The number of carbonyl (C=O) groups excluding carboxylic acids is 1. The van der Waals surface area contributed by atoms with Gasteiger partial charge in [0.15, 0.2) is 5.82 Å². The van der Waals surface area contributed by atoms with Crippen molar-refractivity contribution in [1.29, 1.82) is 0 Å². The molecular formula is C18H23N3O4. The molecule has 0 aliphatic carbocycles. The molecule has 0 N–H and O–H groups in total. The summed E-state index contributed by atoms with van der Waals surface area (Å²) >= 11 is 0. The van der Waals surface area contributed by atoms with Crippen LogP contribution in [-0.2, 0) is 4.74 Å². The molecule has 3 rings (SSSR count). The van der Waals surface area contributed by atoms with Crippen LogP contribution in [0.25, 0.3) is 0 Å². The van der Waals surface area contributed by atoms with Gasteiger partial charge in [-0.15, -0.1) is 0 Å². The summed E-state index contributed by atoms with van der Waals surface area (Å²) in [5.41, 5.74) is 0.600. The molecule has 1 aromatic heterocycles. The van der Waals surface area contributed by atoms with E-state index in [0.717, 1.165) is 5.75 Å². The normalized spacial score (nSPS) is 17.8. The summed E-state index contributed by atoms with van der Waals surface area (Å²) in [4.78, 5) is 19.1. The molecule has 2 heterocycles. The Kier molecular flexibility index (Phi) is 5.33. The van der Waals surface area contributed by atoms with Gasteiger partial charge in [0.2, 0.25) is 5.89 Å². The summed E-state index contributed by atoms with van der Waals surface area (Å²) < 4.78 is 16.2. The van der Waals surface area contributed by atoms with Gasteiger partial charge in [0.25, 0.3) is 5.91 Å². The van der Waals surface area contributed by atoms with Crippen LogP contribution in [-0.4, -0.2) is 47.3 Å². The van der Waals surface area contributed by atoms with Crippen molar-refractivity contribution in [3.05, 3.63) is 41.5 Å². The molecule has 7 heteroatoms. The largest absolute Gasteiger partial charge is 0.494 e. The van der Waals surface area contributed by atoms with Gasteiger partial charge in [0.05, 0.1) is 19.8 Å². The topological polar surface area (TPSA) is 77.7 Å². The van der Waals surface area contributed by atoms with E-state index in [4.69, 9.17) is 14.0 Å². The van der Waals surface area contributed by atoms with E-state index in [-0.39, 0.29) is 17.9 Å². The summed E-state index contributed by atoms with van der Waals surface area (Å²) in [6.07, 6.45) is 0. The minimum Gasteiger partial charge on any atom is -0.494 e. The molecule has 7 nitrogen and oxygen atoms in total. The molecule has 0 radical (unpaired) electrons. The van der Waals surface area contributed by atoms with Crippen LogP contribution in [0.3, 0.4) is 0 Å². The van der Waals surface area contributed by atoms with Crippen LogP contribution in [0.15, 0.2) is 28.8 Å². The number of hydrogen-bond acceptors (Lipinski definition) is 6. The molecule has 1 atom stereocenters. The van der Waals surface area contributed by atoms with Crippen molar-refractivity contribution in [2.75, 3.05) is 26.4 Å². The number of rotatable bonds is 5. The highest BCUT2D eigenvalue weighted by molar-refractivity contribution is 5.94. The van der Waals surface area contributed by atoms with Gasteiger partial charge in [-0.25, -0.2) is 0 Å². The second-order valence-corrected chi connectivity index (χ2v) is 6.19. The van der Waals surface area contributed by atoms with E-state index in [1.54, 1.807) is 29.2 Å². The Bertz CT molecular complexity index is 711. The second-order valence-electron chi connectivity index (χ2n) is 6.19. The van der Waals surface area contributed by atoms with Crippen LogP contribution in [0.5, 0.6) is 5.75 Å². The Morgan fingerprint density at radius 3 is 2.76 bits per heavy atom. The van der Waals surface area contributed by atoms with E-state index in [2.05, 4.69) is 10.1 Å². The zero-order valence-electron chi connectivity index (χ0n) is 14.8. The molecule has 0 bridgehead atoms. The first kappa shape index (κ1) is 17.4. The average molecular weight is 345 g/mol. The Hall–Kier alpha value is -2.41. The molecule has 0 saturated carbocycles. The molecule has 1 aliphatic heterocycles. The first-order chi connectivity index (χ1) is 12.1. The lowest BCUT2D eigenvalue weighted by atomic mass is 10.1. The minimum atomic E-state index is -0.343. The molecular weight excluding hydrogens is 322 g/mol. The molecule has 1 aromatic carbocycles. The minimum absolute atomic E-state index is 0.0766. The van der Waals surface area contributed by atoms with Gasteiger partial charge < -0.3 is 18.9 Å². The fourth-order valence-electron chi connectivity index (χ4n) is 2.70. The fraction of sp³-hybridized carbons (Fsp3) is 0.500. The lowest BCUT2D eigenvalue weighted by molar-refractivity contribution is -0.00577. The molecule has 0 spiro atoms. The Labute approximate surface area is 146 Å². The van der Waals surface area contributed by atoms with Crippen molar-refractivity contribution in [3.8, 4) is 5.75 Å². The lowest BCUT2D eigenvalue weighted by Crippen LogP contribution is -2.43. The summed E-state index contributed by atoms with van der Waals surface area (Å²) in [5.74, 6) is 1.86. The van der Waals surface area contributed by atoms with Crippen LogP contribution in [0.4, 0.5) is 0 Å². The van der Waals surface area contributed by atoms with E-state index < -0.39 is 0 Å². The Balaban J connectivity index is 1.80. The number of ether oxygens (including phenoxy) is 2. The summed E-state index contributed by atoms with van der Waals surface area (Å²) in [6.45, 7) is 7.83. The average Bonchev–Trinajstić information content (AvgIpc) is 3.12. The van der Waals surface area contributed by atoms with Gasteiger partial charge in [-0.1, -0.05) is 19.0 Å². The maximum Gasteiger partial charge on any atom is 0.254 e. The Morgan fingerprint density at radius 2 is 2.12 bits per heavy atom. The fourth-order valence-corrected chi connectivity index (χ4v) is 2.70. The van der Waals surface area contributed by atoms with Gasteiger partial charge >= 0.3 is 0 Å². The maximum atomic E-state index is 12.9. The van der Waals surface area contributed by atoms with E-state index >= 15 is 0 Å². The second kappa shape index (κ2) is 7.65. The number of nitrogens with zero attached hydrogens (tertiary/aromatic N) is 3. The summed E-state index contributed by atoms with van der Waals surface area (Å²) in [7, 11) is 0. The van der Waals surface area contributed by atoms with Gasteiger partial charge in [-0.05, 0) is 31.2 Å². The van der Waals surface area contributed by atoms with Crippen LogP contribution in [0.2, 0.25) is 0 Å². The standard InChI is InChI=1S/C18H23N3O4/c1-4-24-14-7-5-13(6-8-14)18(22)21-9-10-23-11-15(21)16-19-17(12(2)3)25-20-16/h5-8,12,15H,4,9-11H2,1-3H3/t15-/m0/s1. The Morgan fingerprint density at radius 1 is 1.36 bits per heavy atom. The molecule has 1 saturated heterocycles. The molecule has 2 aromatic rings. The van der Waals surface area contributed by atoms with Crippen LogP contribution >= 0.6 is 0 Å². The van der Waals surface area contributed by atoms with Crippen LogP contribution in [0, 0.1) is 0 Å². The van der Waals surface area contributed by atoms with Gasteiger partial charge in [0, 0.05) is 18.0 Å². The third-order valence-electron chi connectivity index (χ3n) is 4.05. The van der Waals surface area contributed by atoms with Crippen molar-refractivity contribution in [2.24, 2.45) is 0 Å². The molecule has 134 valence electrons. The van der Waals surface area contributed by atoms with Crippen molar-refractivity contribution < 1.29 is 18.8 Å². The predicted octanol–water partition coefficient (Wildman–Crippen LogP) is 2.81. The smallest absolute Gasteiger partial charge is 0.254 e. The van der Waals surface area contributed by atoms with Crippen molar-refractivity contribution in [3.63, 3.8) is 0 Å². The molecule has 1 fully saturated rings. The van der Waals surface area contributed by atoms with Crippen LogP contribution < -0.4 is 4.74 Å². The van der Waals surface area contributed by atoms with Gasteiger partial charge in [0.1, 0.15) is 11.8 Å². The summed E-state index contributed by atoms with van der Waals surface area (Å²) in [5, 5.41) is 4.05.